The van der Waals surface area contributed by atoms with E-state index in [-0.39, 0.29) is 24.2 Å². The van der Waals surface area contributed by atoms with Crippen molar-refractivity contribution >= 4 is 30.2 Å². The van der Waals surface area contributed by atoms with Crippen molar-refractivity contribution in [1.29, 1.82) is 0 Å². The average Bonchev–Trinajstić information content (AvgIpc) is 2.66. The fourth-order valence-electron chi connectivity index (χ4n) is 3.30. The second-order valence-corrected chi connectivity index (χ2v) is 6.61. The van der Waals surface area contributed by atoms with Gasteiger partial charge < -0.3 is 20.0 Å². The molecular weight excluding hydrogens is 356 g/mol. The highest BCUT2D eigenvalue weighted by Crippen LogP contribution is 2.11. The first kappa shape index (κ1) is 20.4. The Morgan fingerprint density at radius 1 is 1.04 bits per heavy atom. The molecule has 2 aliphatic heterocycles. The van der Waals surface area contributed by atoms with E-state index in [0.717, 1.165) is 32.7 Å². The molecule has 3 rings (SSSR count). The van der Waals surface area contributed by atoms with Gasteiger partial charge in [-0.15, -0.1) is 12.4 Å². The van der Waals surface area contributed by atoms with Crippen molar-refractivity contribution in [3.8, 4) is 0 Å². The first-order valence-corrected chi connectivity index (χ1v) is 8.94. The van der Waals surface area contributed by atoms with Crippen LogP contribution in [0.15, 0.2) is 18.5 Å². The summed E-state index contributed by atoms with van der Waals surface area (Å²) in [6, 6.07) is 2.11. The van der Waals surface area contributed by atoms with Crippen molar-refractivity contribution in [2.45, 2.75) is 25.8 Å². The highest BCUT2D eigenvalue weighted by atomic mass is 35.5. The third kappa shape index (κ3) is 5.28. The molecule has 0 bridgehead atoms. The molecule has 1 aromatic heterocycles. The number of piperazine rings is 2. The molecule has 0 unspecified atom stereocenters. The Balaban J connectivity index is 0.00000243. The molecule has 8 nitrogen and oxygen atoms in total. The molecule has 0 aliphatic carbocycles. The zero-order chi connectivity index (χ0) is 17.6. The van der Waals surface area contributed by atoms with Gasteiger partial charge in [0, 0.05) is 77.1 Å². The number of hydrogen-bond donors (Lipinski definition) is 1. The minimum atomic E-state index is 0. The van der Waals surface area contributed by atoms with Gasteiger partial charge >= 0.3 is 0 Å². The first-order chi connectivity index (χ1) is 12.1. The van der Waals surface area contributed by atoms with Gasteiger partial charge in [0.05, 0.1) is 0 Å². The summed E-state index contributed by atoms with van der Waals surface area (Å²) < 4.78 is 0. The second-order valence-electron chi connectivity index (χ2n) is 6.61. The second kappa shape index (κ2) is 9.68. The fraction of sp³-hybridized carbons (Fsp3) is 0.647. The van der Waals surface area contributed by atoms with Gasteiger partial charge in [-0.1, -0.05) is 0 Å². The largest absolute Gasteiger partial charge is 0.340 e. The summed E-state index contributed by atoms with van der Waals surface area (Å²) in [7, 11) is 0. The quantitative estimate of drug-likeness (QED) is 0.798. The van der Waals surface area contributed by atoms with Crippen LogP contribution in [0.4, 0.5) is 5.95 Å². The Labute approximate surface area is 160 Å². The van der Waals surface area contributed by atoms with Crippen molar-refractivity contribution in [2.24, 2.45) is 0 Å². The normalized spacial score (nSPS) is 20.5. The van der Waals surface area contributed by atoms with Crippen LogP contribution in [0.1, 0.15) is 19.8 Å². The molecule has 1 N–H and O–H groups in total. The highest BCUT2D eigenvalue weighted by molar-refractivity contribution is 5.85. The van der Waals surface area contributed by atoms with Gasteiger partial charge in [0.1, 0.15) is 0 Å². The number of hydrogen-bond acceptors (Lipinski definition) is 6. The van der Waals surface area contributed by atoms with E-state index in [1.807, 2.05) is 9.80 Å². The third-order valence-electron chi connectivity index (χ3n) is 4.74. The van der Waals surface area contributed by atoms with E-state index in [0.29, 0.717) is 37.9 Å². The smallest absolute Gasteiger partial charge is 0.225 e. The molecule has 0 saturated carbocycles. The van der Waals surface area contributed by atoms with Gasteiger partial charge in [-0.05, 0) is 13.0 Å². The summed E-state index contributed by atoms with van der Waals surface area (Å²) in [5.41, 5.74) is 0. The molecule has 2 saturated heterocycles. The van der Waals surface area contributed by atoms with Crippen LogP contribution in [0, 0.1) is 0 Å². The lowest BCUT2D eigenvalue weighted by Crippen LogP contribution is -2.52. The Bertz CT molecular complexity index is 594. The molecular formula is C17H27ClN6O2. The number of carbonyl (C=O) groups excluding carboxylic acids is 2. The molecule has 144 valence electrons. The van der Waals surface area contributed by atoms with E-state index in [9.17, 15) is 9.59 Å². The lowest BCUT2D eigenvalue weighted by molar-refractivity contribution is -0.137. The SMILES string of the molecule is C[C@@H]1CN(C(=O)CCC(=O)N2CCN(c3ncccn3)CC2)CCN1.Cl. The topological polar surface area (TPSA) is 81.7 Å². The maximum atomic E-state index is 12.4. The predicted molar refractivity (Wildman–Crippen MR) is 101 cm³/mol. The van der Waals surface area contributed by atoms with Gasteiger partial charge in [-0.2, -0.15) is 0 Å². The van der Waals surface area contributed by atoms with Crippen molar-refractivity contribution in [3.05, 3.63) is 18.5 Å². The van der Waals surface area contributed by atoms with Gasteiger partial charge in [0.2, 0.25) is 17.8 Å². The van der Waals surface area contributed by atoms with Crippen molar-refractivity contribution in [1.82, 2.24) is 25.1 Å². The van der Waals surface area contributed by atoms with Crippen LogP contribution < -0.4 is 10.2 Å². The van der Waals surface area contributed by atoms with Crippen LogP contribution in [-0.2, 0) is 9.59 Å². The molecule has 0 aromatic carbocycles. The third-order valence-corrected chi connectivity index (χ3v) is 4.74. The molecule has 0 spiro atoms. The maximum Gasteiger partial charge on any atom is 0.225 e. The monoisotopic (exact) mass is 382 g/mol. The van der Waals surface area contributed by atoms with Crippen LogP contribution in [0.3, 0.4) is 0 Å². The van der Waals surface area contributed by atoms with E-state index in [1.165, 1.54) is 0 Å². The Morgan fingerprint density at radius 2 is 1.65 bits per heavy atom. The summed E-state index contributed by atoms with van der Waals surface area (Å²) in [5, 5.41) is 3.32. The maximum absolute atomic E-state index is 12.4. The molecule has 26 heavy (non-hydrogen) atoms. The van der Waals surface area contributed by atoms with E-state index < -0.39 is 0 Å². The minimum Gasteiger partial charge on any atom is -0.340 e. The number of nitrogens with one attached hydrogen (secondary N) is 1. The van der Waals surface area contributed by atoms with Crippen LogP contribution in [0.5, 0.6) is 0 Å². The predicted octanol–water partition coefficient (Wildman–Crippen LogP) is 0.148. The van der Waals surface area contributed by atoms with Crippen LogP contribution >= 0.6 is 12.4 Å². The minimum absolute atomic E-state index is 0. The van der Waals surface area contributed by atoms with E-state index in [2.05, 4.69) is 27.1 Å². The van der Waals surface area contributed by atoms with E-state index >= 15 is 0 Å². The molecule has 9 heteroatoms. The standard InChI is InChI=1S/C17H26N6O2.ClH/c1-14-13-23(8-7-18-14)16(25)4-3-15(24)21-9-11-22(12-10-21)17-19-5-2-6-20-17;/h2,5-6,14,18H,3-4,7-13H2,1H3;1H/t14-;/m1./s1. The number of aromatic nitrogens is 2. The summed E-state index contributed by atoms with van der Waals surface area (Å²) in [6.45, 7) is 7.09. The Morgan fingerprint density at radius 3 is 2.27 bits per heavy atom. The highest BCUT2D eigenvalue weighted by Gasteiger charge is 2.25. The van der Waals surface area contributed by atoms with Crippen LogP contribution in [0.2, 0.25) is 0 Å². The summed E-state index contributed by atoms with van der Waals surface area (Å²) in [6.07, 6.45) is 4.04. The molecule has 0 radical (unpaired) electrons. The molecule has 2 amide bonds. The number of anilines is 1. The summed E-state index contributed by atoms with van der Waals surface area (Å²) >= 11 is 0. The van der Waals surface area contributed by atoms with Crippen LogP contribution in [-0.4, -0.2) is 83.4 Å². The van der Waals surface area contributed by atoms with E-state index in [4.69, 9.17) is 0 Å². The number of rotatable bonds is 4. The van der Waals surface area contributed by atoms with Gasteiger partial charge in [0.25, 0.3) is 0 Å². The number of halogens is 1. The lowest BCUT2D eigenvalue weighted by Gasteiger charge is -2.35. The fourth-order valence-corrected chi connectivity index (χ4v) is 3.30. The molecule has 1 atom stereocenters. The lowest BCUT2D eigenvalue weighted by atomic mass is 10.2. The molecule has 1 aromatic rings. The summed E-state index contributed by atoms with van der Waals surface area (Å²) in [5.74, 6) is 0.848. The van der Waals surface area contributed by atoms with Gasteiger partial charge in [0.15, 0.2) is 0 Å². The summed E-state index contributed by atoms with van der Waals surface area (Å²) in [4.78, 5) is 38.9. The van der Waals surface area contributed by atoms with Crippen molar-refractivity contribution < 1.29 is 9.59 Å². The van der Waals surface area contributed by atoms with Gasteiger partial charge in [-0.3, -0.25) is 9.59 Å². The number of nitrogens with zero attached hydrogens (tertiary/aromatic N) is 5. The molecule has 2 fully saturated rings. The van der Waals surface area contributed by atoms with Crippen LogP contribution in [0.25, 0.3) is 0 Å². The molecule has 3 heterocycles. The van der Waals surface area contributed by atoms with Gasteiger partial charge in [-0.25, -0.2) is 9.97 Å². The number of amides is 2. The zero-order valence-electron chi connectivity index (χ0n) is 15.1. The Hall–Kier alpha value is -1.93. The molecule has 2 aliphatic rings. The zero-order valence-corrected chi connectivity index (χ0v) is 16.0. The van der Waals surface area contributed by atoms with E-state index in [1.54, 1.807) is 18.5 Å². The van der Waals surface area contributed by atoms with Crippen molar-refractivity contribution in [2.75, 3.05) is 50.7 Å². The number of carbonyl (C=O) groups is 2. The Kier molecular flexibility index (Phi) is 7.59. The average molecular weight is 383 g/mol. The van der Waals surface area contributed by atoms with Crippen molar-refractivity contribution in [3.63, 3.8) is 0 Å². The first-order valence-electron chi connectivity index (χ1n) is 8.94.